The lowest BCUT2D eigenvalue weighted by Gasteiger charge is -2.09. The molecule has 0 radical (unpaired) electrons. The van der Waals surface area contributed by atoms with Gasteiger partial charge in [0.25, 0.3) is 10.0 Å². The molecule has 1 aliphatic rings. The normalized spacial score (nSPS) is 17.8. The van der Waals surface area contributed by atoms with Crippen molar-refractivity contribution in [2.24, 2.45) is 11.1 Å². The molecule has 2 aromatic rings. The Labute approximate surface area is 146 Å². The van der Waals surface area contributed by atoms with E-state index in [1.54, 1.807) is 0 Å². The zero-order chi connectivity index (χ0) is 19.1. The van der Waals surface area contributed by atoms with Crippen LogP contribution >= 0.6 is 0 Å². The number of alkyl halides is 3. The van der Waals surface area contributed by atoms with Gasteiger partial charge in [0.2, 0.25) is 0 Å². The number of halogens is 4. The van der Waals surface area contributed by atoms with Gasteiger partial charge in [-0.1, -0.05) is 24.3 Å². The van der Waals surface area contributed by atoms with E-state index in [0.29, 0.717) is 11.1 Å². The van der Waals surface area contributed by atoms with Crippen LogP contribution in [-0.4, -0.2) is 19.6 Å². The van der Waals surface area contributed by atoms with Gasteiger partial charge in [0.15, 0.2) is 5.03 Å². The summed E-state index contributed by atoms with van der Waals surface area (Å²) in [6.07, 6.45) is -1.29. The van der Waals surface area contributed by atoms with Crippen molar-refractivity contribution < 1.29 is 26.0 Å². The van der Waals surface area contributed by atoms with Gasteiger partial charge >= 0.3 is 6.18 Å². The summed E-state index contributed by atoms with van der Waals surface area (Å²) in [7, 11) is -4.01. The summed E-state index contributed by atoms with van der Waals surface area (Å²) in [4.78, 5) is 3.70. The molecule has 0 saturated carbocycles. The van der Waals surface area contributed by atoms with Crippen LogP contribution in [0, 0.1) is 11.7 Å². The number of rotatable bonds is 3. The molecule has 0 saturated heterocycles. The van der Waals surface area contributed by atoms with E-state index in [1.807, 2.05) is 0 Å². The second-order valence-corrected chi connectivity index (χ2v) is 7.17. The highest BCUT2D eigenvalue weighted by molar-refractivity contribution is 7.89. The van der Waals surface area contributed by atoms with Crippen LogP contribution in [0.3, 0.4) is 0 Å². The monoisotopic (exact) mass is 384 g/mol. The summed E-state index contributed by atoms with van der Waals surface area (Å²) in [6.45, 7) is 0. The minimum atomic E-state index is -4.49. The largest absolute Gasteiger partial charge is 0.398 e. The Morgan fingerprint density at radius 1 is 0.923 bits per heavy atom. The molecule has 2 N–H and O–H groups in total. The number of nitrogens with two attached hydrogens (primary N) is 1. The summed E-state index contributed by atoms with van der Waals surface area (Å²) in [5.41, 5.74) is 1.18. The number of sulfonamides is 1. The first-order chi connectivity index (χ1) is 12.1. The van der Waals surface area contributed by atoms with E-state index in [4.69, 9.17) is 5.14 Å². The molecule has 1 aromatic carbocycles. The first kappa shape index (κ1) is 18.3. The fourth-order valence-corrected chi connectivity index (χ4v) is 3.07. The second kappa shape index (κ2) is 6.33. The van der Waals surface area contributed by atoms with Gasteiger partial charge < -0.3 is 0 Å². The maximum atomic E-state index is 13.2. The average Bonchev–Trinajstić information content (AvgIpc) is 3.00. The Balaban J connectivity index is 2.07. The SMILES string of the molecule is NS(=O)(=O)c1ccc(C2=CC(C(F)(F)F)C=C2c2ccc(F)cc2)cn1. The molecule has 4 nitrogen and oxygen atoms in total. The molecular formula is C17H12F4N2O2S. The van der Waals surface area contributed by atoms with Crippen LogP contribution < -0.4 is 5.14 Å². The Bertz CT molecular complexity index is 993. The van der Waals surface area contributed by atoms with Gasteiger partial charge in [-0.25, -0.2) is 22.9 Å². The smallest absolute Gasteiger partial charge is 0.243 e. The maximum absolute atomic E-state index is 13.2. The van der Waals surface area contributed by atoms with Crippen molar-refractivity contribution in [1.29, 1.82) is 0 Å². The zero-order valence-electron chi connectivity index (χ0n) is 13.0. The molecule has 1 heterocycles. The number of pyridine rings is 1. The molecule has 0 bridgehead atoms. The van der Waals surface area contributed by atoms with E-state index in [9.17, 15) is 26.0 Å². The summed E-state index contributed by atoms with van der Waals surface area (Å²) >= 11 is 0. The first-order valence-electron chi connectivity index (χ1n) is 7.31. The van der Waals surface area contributed by atoms with E-state index in [2.05, 4.69) is 4.98 Å². The van der Waals surface area contributed by atoms with Crippen LogP contribution in [0.15, 0.2) is 59.8 Å². The van der Waals surface area contributed by atoms with Gasteiger partial charge in [-0.05, 0) is 41.0 Å². The molecule has 1 unspecified atom stereocenters. The van der Waals surface area contributed by atoms with Gasteiger partial charge in [0.1, 0.15) is 5.82 Å². The highest BCUT2D eigenvalue weighted by Gasteiger charge is 2.40. The number of hydrogen-bond acceptors (Lipinski definition) is 3. The van der Waals surface area contributed by atoms with Gasteiger partial charge in [-0.2, -0.15) is 13.2 Å². The van der Waals surface area contributed by atoms with Crippen molar-refractivity contribution in [2.75, 3.05) is 0 Å². The van der Waals surface area contributed by atoms with Crippen molar-refractivity contribution in [3.8, 4) is 0 Å². The Hall–Kier alpha value is -2.52. The lowest BCUT2D eigenvalue weighted by Crippen LogP contribution is -2.17. The van der Waals surface area contributed by atoms with E-state index in [-0.39, 0.29) is 16.2 Å². The van der Waals surface area contributed by atoms with Crippen LogP contribution in [-0.2, 0) is 10.0 Å². The molecule has 26 heavy (non-hydrogen) atoms. The topological polar surface area (TPSA) is 73.1 Å². The Morgan fingerprint density at radius 3 is 1.92 bits per heavy atom. The van der Waals surface area contributed by atoms with E-state index in [1.165, 1.54) is 18.2 Å². The quantitative estimate of drug-likeness (QED) is 0.823. The van der Waals surface area contributed by atoms with Crippen molar-refractivity contribution in [1.82, 2.24) is 4.98 Å². The summed E-state index contributed by atoms with van der Waals surface area (Å²) < 4.78 is 75.2. The van der Waals surface area contributed by atoms with Crippen LogP contribution in [0.1, 0.15) is 11.1 Å². The number of allylic oxidation sites excluding steroid dienone is 4. The zero-order valence-corrected chi connectivity index (χ0v) is 13.9. The van der Waals surface area contributed by atoms with Crippen molar-refractivity contribution in [2.45, 2.75) is 11.2 Å². The lowest BCUT2D eigenvalue weighted by molar-refractivity contribution is -0.148. The molecule has 3 rings (SSSR count). The number of hydrogen-bond donors (Lipinski definition) is 1. The summed E-state index contributed by atoms with van der Waals surface area (Å²) in [5.74, 6) is -2.32. The van der Waals surface area contributed by atoms with Gasteiger partial charge in [0.05, 0.1) is 5.92 Å². The molecule has 0 fully saturated rings. The predicted molar refractivity (Wildman–Crippen MR) is 87.5 cm³/mol. The lowest BCUT2D eigenvalue weighted by atomic mass is 9.96. The minimum Gasteiger partial charge on any atom is -0.243 e. The standard InChI is InChI=1S/C17H12F4N2O2S/c18-13-4-1-10(2-5-13)14-7-12(17(19,20)21)8-15(14)11-3-6-16(23-9-11)26(22,24)25/h1-9,12H,(H2,22,24,25). The van der Waals surface area contributed by atoms with E-state index < -0.39 is 27.9 Å². The molecule has 0 amide bonds. The highest BCUT2D eigenvalue weighted by Crippen LogP contribution is 2.43. The van der Waals surface area contributed by atoms with Crippen LogP contribution in [0.2, 0.25) is 0 Å². The van der Waals surface area contributed by atoms with E-state index in [0.717, 1.165) is 36.5 Å². The molecule has 9 heteroatoms. The van der Waals surface area contributed by atoms with Crippen molar-refractivity contribution in [3.05, 3.63) is 71.7 Å². The third kappa shape index (κ3) is 3.68. The Morgan fingerprint density at radius 2 is 1.46 bits per heavy atom. The third-order valence-corrected chi connectivity index (χ3v) is 4.68. The van der Waals surface area contributed by atoms with Crippen LogP contribution in [0.4, 0.5) is 17.6 Å². The molecule has 0 aliphatic heterocycles. The minimum absolute atomic E-state index is 0.229. The first-order valence-corrected chi connectivity index (χ1v) is 8.86. The number of aromatic nitrogens is 1. The third-order valence-electron chi connectivity index (χ3n) is 3.85. The van der Waals surface area contributed by atoms with Crippen LogP contribution in [0.25, 0.3) is 11.1 Å². The number of primary sulfonamides is 1. The second-order valence-electron chi connectivity index (χ2n) is 5.67. The predicted octanol–water partition coefficient (Wildman–Crippen LogP) is 3.53. The number of nitrogens with zero attached hydrogens (tertiary/aromatic N) is 1. The van der Waals surface area contributed by atoms with Gasteiger partial charge in [0, 0.05) is 11.8 Å². The van der Waals surface area contributed by atoms with Crippen molar-refractivity contribution in [3.63, 3.8) is 0 Å². The average molecular weight is 384 g/mol. The van der Waals surface area contributed by atoms with Gasteiger partial charge in [-0.3, -0.25) is 0 Å². The maximum Gasteiger partial charge on any atom is 0.398 e. The fourth-order valence-electron chi connectivity index (χ4n) is 2.62. The Kier molecular flexibility index (Phi) is 4.45. The molecule has 1 aliphatic carbocycles. The highest BCUT2D eigenvalue weighted by atomic mass is 32.2. The molecule has 1 atom stereocenters. The van der Waals surface area contributed by atoms with Crippen molar-refractivity contribution >= 4 is 21.2 Å². The van der Waals surface area contributed by atoms with Gasteiger partial charge in [-0.15, -0.1) is 0 Å². The molecule has 136 valence electrons. The summed E-state index contributed by atoms with van der Waals surface area (Å²) in [6, 6.07) is 7.50. The summed E-state index contributed by atoms with van der Waals surface area (Å²) in [5, 5.41) is 4.58. The fraction of sp³-hybridized carbons (Fsp3) is 0.118. The number of benzene rings is 1. The molecule has 1 aromatic heterocycles. The van der Waals surface area contributed by atoms with Crippen LogP contribution in [0.5, 0.6) is 0 Å². The molecular weight excluding hydrogens is 372 g/mol. The van der Waals surface area contributed by atoms with E-state index >= 15 is 0 Å². The molecule has 0 spiro atoms.